The van der Waals surface area contributed by atoms with Gasteiger partial charge in [0.15, 0.2) is 12.4 Å². The molecule has 0 aromatic carbocycles. The van der Waals surface area contributed by atoms with Gasteiger partial charge in [0.2, 0.25) is 0 Å². The highest BCUT2D eigenvalue weighted by atomic mass is 16.5. The van der Waals surface area contributed by atoms with Crippen molar-refractivity contribution in [2.75, 3.05) is 0 Å². The van der Waals surface area contributed by atoms with Crippen LogP contribution < -0.4 is 10.5 Å². The van der Waals surface area contributed by atoms with Gasteiger partial charge in [0.25, 0.3) is 5.89 Å². The molecule has 0 aliphatic carbocycles. The minimum atomic E-state index is 0.102. The van der Waals surface area contributed by atoms with Crippen molar-refractivity contribution in [2.45, 2.75) is 39.3 Å². The molecular formula is C13H18N4O2. The summed E-state index contributed by atoms with van der Waals surface area (Å²) in [5.41, 5.74) is 6.67. The number of nitrogens with two attached hydrogens (primary N) is 1. The van der Waals surface area contributed by atoms with E-state index in [4.69, 9.17) is 15.0 Å². The predicted molar refractivity (Wildman–Crippen MR) is 69.6 cm³/mol. The third kappa shape index (κ3) is 4.03. The molecule has 0 aliphatic rings. The lowest BCUT2D eigenvalue weighted by atomic mass is 10.2. The van der Waals surface area contributed by atoms with E-state index in [9.17, 15) is 0 Å². The van der Waals surface area contributed by atoms with Crippen molar-refractivity contribution >= 4 is 0 Å². The van der Waals surface area contributed by atoms with Crippen LogP contribution in [0.1, 0.15) is 31.3 Å². The molecule has 0 spiro atoms. The van der Waals surface area contributed by atoms with Crippen LogP contribution in [0.4, 0.5) is 0 Å². The van der Waals surface area contributed by atoms with Crippen LogP contribution in [0.5, 0.6) is 5.75 Å². The highest BCUT2D eigenvalue weighted by Crippen LogP contribution is 2.12. The molecule has 0 fully saturated rings. The van der Waals surface area contributed by atoms with E-state index in [2.05, 4.69) is 15.1 Å². The summed E-state index contributed by atoms with van der Waals surface area (Å²) in [6.07, 6.45) is 3.18. The zero-order valence-electron chi connectivity index (χ0n) is 11.2. The predicted octanol–water partition coefficient (Wildman–Crippen LogP) is 1.50. The molecule has 0 saturated carbocycles. The van der Waals surface area contributed by atoms with Gasteiger partial charge in [-0.2, -0.15) is 4.98 Å². The van der Waals surface area contributed by atoms with Gasteiger partial charge in [-0.25, -0.2) is 0 Å². The Kier molecular flexibility index (Phi) is 4.46. The van der Waals surface area contributed by atoms with Crippen molar-refractivity contribution in [3.8, 4) is 5.75 Å². The maximum absolute atomic E-state index is 5.71. The second kappa shape index (κ2) is 6.29. The van der Waals surface area contributed by atoms with Crippen LogP contribution in [0.15, 0.2) is 22.9 Å². The zero-order chi connectivity index (χ0) is 13.7. The summed E-state index contributed by atoms with van der Waals surface area (Å²) in [5.74, 6) is 1.82. The van der Waals surface area contributed by atoms with Gasteiger partial charge in [-0.05, 0) is 19.1 Å². The molecule has 2 N–H and O–H groups in total. The molecule has 6 heteroatoms. The van der Waals surface area contributed by atoms with Gasteiger partial charge in [0.1, 0.15) is 5.75 Å². The molecule has 0 bridgehead atoms. The lowest BCUT2D eigenvalue weighted by Gasteiger charge is -2.06. The third-order valence-electron chi connectivity index (χ3n) is 2.52. The Bertz CT molecular complexity index is 508. The molecule has 19 heavy (non-hydrogen) atoms. The van der Waals surface area contributed by atoms with E-state index < -0.39 is 0 Å². The fourth-order valence-electron chi connectivity index (χ4n) is 1.58. The van der Waals surface area contributed by atoms with Gasteiger partial charge in [0, 0.05) is 24.6 Å². The molecule has 102 valence electrons. The summed E-state index contributed by atoms with van der Waals surface area (Å²) in [5, 5.41) is 3.80. The van der Waals surface area contributed by atoms with Crippen molar-refractivity contribution in [1.82, 2.24) is 15.1 Å². The smallest absolute Gasteiger partial charge is 0.264 e. The van der Waals surface area contributed by atoms with Crippen LogP contribution in [0.2, 0.25) is 0 Å². The summed E-state index contributed by atoms with van der Waals surface area (Å²) in [4.78, 5) is 8.44. The molecule has 2 rings (SSSR count). The molecule has 0 saturated heterocycles. The Morgan fingerprint density at radius 3 is 2.84 bits per heavy atom. The van der Waals surface area contributed by atoms with Gasteiger partial charge < -0.3 is 15.0 Å². The first-order chi connectivity index (χ1) is 9.17. The standard InChI is InChI=1S/C13H18N4O2/c1-3-12-16-13(19-17-12)8-18-11-5-4-10(15-7-11)6-9(2)14/h4-5,7,9H,3,6,8,14H2,1-2H3. The van der Waals surface area contributed by atoms with Gasteiger partial charge in [0.05, 0.1) is 6.20 Å². The summed E-state index contributed by atoms with van der Waals surface area (Å²) in [6, 6.07) is 3.87. The fourth-order valence-corrected chi connectivity index (χ4v) is 1.58. The third-order valence-corrected chi connectivity index (χ3v) is 2.52. The summed E-state index contributed by atoms with van der Waals surface area (Å²) >= 11 is 0. The quantitative estimate of drug-likeness (QED) is 0.848. The van der Waals surface area contributed by atoms with Crippen molar-refractivity contribution in [3.63, 3.8) is 0 Å². The van der Waals surface area contributed by atoms with E-state index in [1.54, 1.807) is 6.20 Å². The summed E-state index contributed by atoms with van der Waals surface area (Å²) in [7, 11) is 0. The Labute approximate surface area is 112 Å². The summed E-state index contributed by atoms with van der Waals surface area (Å²) < 4.78 is 10.6. The first kappa shape index (κ1) is 13.5. The molecule has 2 aromatic rings. The lowest BCUT2D eigenvalue weighted by molar-refractivity contribution is 0.241. The number of hydrogen-bond donors (Lipinski definition) is 1. The van der Waals surface area contributed by atoms with Gasteiger partial charge in [-0.1, -0.05) is 12.1 Å². The van der Waals surface area contributed by atoms with Crippen LogP contribution in [-0.2, 0) is 19.4 Å². The maximum Gasteiger partial charge on any atom is 0.264 e. The van der Waals surface area contributed by atoms with E-state index in [-0.39, 0.29) is 12.6 Å². The molecule has 2 aromatic heterocycles. The largest absolute Gasteiger partial charge is 0.482 e. The number of hydrogen-bond acceptors (Lipinski definition) is 6. The molecule has 1 unspecified atom stereocenters. The molecule has 1 atom stereocenters. The van der Waals surface area contributed by atoms with E-state index in [1.807, 2.05) is 26.0 Å². The number of aromatic nitrogens is 3. The van der Waals surface area contributed by atoms with Crippen molar-refractivity contribution in [3.05, 3.63) is 35.7 Å². The second-order valence-corrected chi connectivity index (χ2v) is 4.41. The average molecular weight is 262 g/mol. The van der Waals surface area contributed by atoms with Crippen LogP contribution >= 0.6 is 0 Å². The topological polar surface area (TPSA) is 87.1 Å². The first-order valence-corrected chi connectivity index (χ1v) is 6.32. The molecule has 0 amide bonds. The Balaban J connectivity index is 1.89. The van der Waals surface area contributed by atoms with Crippen LogP contribution in [0, 0.1) is 0 Å². The second-order valence-electron chi connectivity index (χ2n) is 4.41. The average Bonchev–Trinajstić information content (AvgIpc) is 2.85. The van der Waals surface area contributed by atoms with E-state index >= 15 is 0 Å². The first-order valence-electron chi connectivity index (χ1n) is 6.32. The Morgan fingerprint density at radius 1 is 1.42 bits per heavy atom. The molecule has 0 radical (unpaired) electrons. The van der Waals surface area contributed by atoms with E-state index in [1.165, 1.54) is 0 Å². The number of pyridine rings is 1. The number of rotatable bonds is 6. The van der Waals surface area contributed by atoms with Gasteiger partial charge in [-0.3, -0.25) is 4.98 Å². The minimum absolute atomic E-state index is 0.102. The number of ether oxygens (including phenoxy) is 1. The van der Waals surface area contributed by atoms with Crippen LogP contribution in [0.25, 0.3) is 0 Å². The highest BCUT2D eigenvalue weighted by Gasteiger charge is 2.06. The Hall–Kier alpha value is -1.95. The summed E-state index contributed by atoms with van der Waals surface area (Å²) in [6.45, 7) is 4.17. The normalized spacial score (nSPS) is 12.4. The van der Waals surface area contributed by atoms with Gasteiger partial charge in [-0.15, -0.1) is 0 Å². The molecular weight excluding hydrogens is 244 g/mol. The SMILES string of the molecule is CCc1noc(COc2ccc(CC(C)N)nc2)n1. The van der Waals surface area contributed by atoms with Crippen LogP contribution in [0.3, 0.4) is 0 Å². The zero-order valence-corrected chi connectivity index (χ0v) is 11.2. The van der Waals surface area contributed by atoms with E-state index in [0.717, 1.165) is 18.5 Å². The number of nitrogens with zero attached hydrogens (tertiary/aromatic N) is 3. The van der Waals surface area contributed by atoms with Crippen molar-refractivity contribution in [1.29, 1.82) is 0 Å². The van der Waals surface area contributed by atoms with Crippen molar-refractivity contribution in [2.24, 2.45) is 5.73 Å². The molecule has 0 aliphatic heterocycles. The molecule has 6 nitrogen and oxygen atoms in total. The minimum Gasteiger partial charge on any atom is -0.482 e. The Morgan fingerprint density at radius 2 is 2.26 bits per heavy atom. The molecule has 2 heterocycles. The highest BCUT2D eigenvalue weighted by molar-refractivity contribution is 5.20. The lowest BCUT2D eigenvalue weighted by Crippen LogP contribution is -2.18. The number of aryl methyl sites for hydroxylation is 1. The monoisotopic (exact) mass is 262 g/mol. The van der Waals surface area contributed by atoms with E-state index in [0.29, 0.717) is 17.5 Å². The van der Waals surface area contributed by atoms with Crippen molar-refractivity contribution < 1.29 is 9.26 Å². The van der Waals surface area contributed by atoms with Crippen LogP contribution in [-0.4, -0.2) is 21.2 Å². The maximum atomic E-state index is 5.71. The fraction of sp³-hybridized carbons (Fsp3) is 0.462. The van der Waals surface area contributed by atoms with Gasteiger partial charge >= 0.3 is 0 Å².